The summed E-state index contributed by atoms with van der Waals surface area (Å²) in [5.74, 6) is 1.40. The van der Waals surface area contributed by atoms with E-state index in [0.717, 1.165) is 37.5 Å². The van der Waals surface area contributed by atoms with Crippen LogP contribution in [-0.2, 0) is 0 Å². The fourth-order valence-electron chi connectivity index (χ4n) is 2.33. The maximum atomic E-state index is 10.4. The van der Waals surface area contributed by atoms with E-state index in [9.17, 15) is 5.11 Å². The number of methoxy groups -OCH3 is 2. The number of nitrogens with one attached hydrogen (secondary N) is 1. The van der Waals surface area contributed by atoms with E-state index >= 15 is 0 Å². The van der Waals surface area contributed by atoms with Crippen molar-refractivity contribution in [3.05, 3.63) is 23.8 Å². The van der Waals surface area contributed by atoms with Crippen LogP contribution in [0.3, 0.4) is 0 Å². The molecule has 0 aliphatic carbocycles. The Balaban J connectivity index is 2.06. The van der Waals surface area contributed by atoms with Crippen LogP contribution in [0.25, 0.3) is 0 Å². The molecule has 5 heteroatoms. The number of hydrogen-bond donors (Lipinski definition) is 2. The van der Waals surface area contributed by atoms with Crippen LogP contribution in [0.4, 0.5) is 0 Å². The third-order valence-electron chi connectivity index (χ3n) is 3.44. The quantitative estimate of drug-likeness (QED) is 0.819. The molecule has 106 valence electrons. The zero-order chi connectivity index (χ0) is 13.7. The fraction of sp³-hybridized carbons (Fsp3) is 0.571. The van der Waals surface area contributed by atoms with Crippen molar-refractivity contribution in [2.45, 2.75) is 6.10 Å². The summed E-state index contributed by atoms with van der Waals surface area (Å²) in [7, 11) is 3.22. The van der Waals surface area contributed by atoms with Gasteiger partial charge in [-0.3, -0.25) is 4.90 Å². The maximum absolute atomic E-state index is 10.4. The van der Waals surface area contributed by atoms with Crippen LogP contribution in [0.2, 0.25) is 0 Å². The summed E-state index contributed by atoms with van der Waals surface area (Å²) >= 11 is 0. The molecule has 19 heavy (non-hydrogen) atoms. The molecular formula is C14H22N2O3. The second-order valence-electron chi connectivity index (χ2n) is 4.67. The highest BCUT2D eigenvalue weighted by Crippen LogP contribution is 2.29. The number of piperazine rings is 1. The molecule has 1 aromatic carbocycles. The number of ether oxygens (including phenoxy) is 2. The number of β-amino-alcohol motifs (C(OH)–C–C–N with tert-alkyl or cyclic N) is 1. The standard InChI is InChI=1S/C14H22N2O3/c1-18-11-3-4-12(14(9-11)19-2)13(17)10-16-7-5-15-6-8-16/h3-4,9,13,15,17H,5-8,10H2,1-2H3. The van der Waals surface area contributed by atoms with Crippen LogP contribution in [-0.4, -0.2) is 56.9 Å². The van der Waals surface area contributed by atoms with Crippen LogP contribution < -0.4 is 14.8 Å². The summed E-state index contributed by atoms with van der Waals surface area (Å²) in [5, 5.41) is 13.7. The van der Waals surface area contributed by atoms with Crippen molar-refractivity contribution in [3.63, 3.8) is 0 Å². The highest BCUT2D eigenvalue weighted by molar-refractivity contribution is 5.42. The second-order valence-corrected chi connectivity index (χ2v) is 4.67. The first-order chi connectivity index (χ1) is 9.24. The zero-order valence-corrected chi connectivity index (χ0v) is 11.6. The summed E-state index contributed by atoms with van der Waals surface area (Å²) in [6.45, 7) is 4.52. The maximum Gasteiger partial charge on any atom is 0.128 e. The lowest BCUT2D eigenvalue weighted by Gasteiger charge is -2.29. The average Bonchev–Trinajstić information content (AvgIpc) is 2.47. The molecule has 1 atom stereocenters. The SMILES string of the molecule is COc1ccc(C(O)CN2CCNCC2)c(OC)c1. The molecule has 0 radical (unpaired) electrons. The number of aliphatic hydroxyl groups is 1. The molecule has 0 spiro atoms. The van der Waals surface area contributed by atoms with Crippen LogP contribution >= 0.6 is 0 Å². The van der Waals surface area contributed by atoms with E-state index in [2.05, 4.69) is 10.2 Å². The molecule has 1 aliphatic heterocycles. The van der Waals surface area contributed by atoms with Gasteiger partial charge >= 0.3 is 0 Å². The van der Waals surface area contributed by atoms with E-state index in [1.54, 1.807) is 20.3 Å². The molecule has 2 N–H and O–H groups in total. The third-order valence-corrected chi connectivity index (χ3v) is 3.44. The summed E-state index contributed by atoms with van der Waals surface area (Å²) < 4.78 is 10.5. The molecule has 1 saturated heterocycles. The predicted octanol–water partition coefficient (Wildman–Crippen LogP) is 0.642. The van der Waals surface area contributed by atoms with Crippen molar-refractivity contribution in [1.82, 2.24) is 10.2 Å². The first-order valence-corrected chi connectivity index (χ1v) is 6.57. The van der Waals surface area contributed by atoms with Crippen LogP contribution in [0.5, 0.6) is 11.5 Å². The zero-order valence-electron chi connectivity index (χ0n) is 11.6. The lowest BCUT2D eigenvalue weighted by atomic mass is 10.1. The van der Waals surface area contributed by atoms with Gasteiger partial charge in [0.2, 0.25) is 0 Å². The number of rotatable bonds is 5. The number of aliphatic hydroxyl groups excluding tert-OH is 1. The van der Waals surface area contributed by atoms with Gasteiger partial charge in [-0.2, -0.15) is 0 Å². The molecule has 0 saturated carbocycles. The lowest BCUT2D eigenvalue weighted by Crippen LogP contribution is -2.44. The van der Waals surface area contributed by atoms with E-state index in [0.29, 0.717) is 12.3 Å². The number of hydrogen-bond acceptors (Lipinski definition) is 5. The van der Waals surface area contributed by atoms with Crippen molar-refractivity contribution >= 4 is 0 Å². The van der Waals surface area contributed by atoms with Gasteiger partial charge in [-0.15, -0.1) is 0 Å². The van der Waals surface area contributed by atoms with E-state index in [1.807, 2.05) is 12.1 Å². The predicted molar refractivity (Wildman–Crippen MR) is 73.8 cm³/mol. The normalized spacial score (nSPS) is 18.1. The van der Waals surface area contributed by atoms with Gasteiger partial charge < -0.3 is 19.9 Å². The number of benzene rings is 1. The van der Waals surface area contributed by atoms with E-state index in [-0.39, 0.29) is 0 Å². The fourth-order valence-corrected chi connectivity index (χ4v) is 2.33. The highest BCUT2D eigenvalue weighted by atomic mass is 16.5. The molecule has 1 unspecified atom stereocenters. The van der Waals surface area contributed by atoms with Crippen molar-refractivity contribution < 1.29 is 14.6 Å². The molecule has 0 aromatic heterocycles. The Morgan fingerprint density at radius 3 is 2.63 bits per heavy atom. The lowest BCUT2D eigenvalue weighted by molar-refractivity contribution is 0.103. The van der Waals surface area contributed by atoms with Crippen LogP contribution in [0.15, 0.2) is 18.2 Å². The van der Waals surface area contributed by atoms with Crippen molar-refractivity contribution in [2.75, 3.05) is 46.9 Å². The third kappa shape index (κ3) is 3.59. The van der Waals surface area contributed by atoms with Crippen molar-refractivity contribution in [1.29, 1.82) is 0 Å². The summed E-state index contributed by atoms with van der Waals surface area (Å²) in [5.41, 5.74) is 0.807. The highest BCUT2D eigenvalue weighted by Gasteiger charge is 2.19. The average molecular weight is 266 g/mol. The Bertz CT molecular complexity index is 406. The molecule has 2 rings (SSSR count). The Morgan fingerprint density at radius 1 is 1.26 bits per heavy atom. The topological polar surface area (TPSA) is 54.0 Å². The van der Waals surface area contributed by atoms with Gasteiger partial charge in [-0.05, 0) is 12.1 Å². The first kappa shape index (κ1) is 14.1. The van der Waals surface area contributed by atoms with Crippen molar-refractivity contribution in [2.24, 2.45) is 0 Å². The van der Waals surface area contributed by atoms with E-state index < -0.39 is 6.10 Å². The molecule has 5 nitrogen and oxygen atoms in total. The molecular weight excluding hydrogens is 244 g/mol. The van der Waals surface area contributed by atoms with Gasteiger partial charge in [0.1, 0.15) is 11.5 Å². The minimum atomic E-state index is -0.543. The van der Waals surface area contributed by atoms with E-state index in [4.69, 9.17) is 9.47 Å². The minimum absolute atomic E-state index is 0.543. The molecule has 1 aliphatic rings. The summed E-state index contributed by atoms with van der Waals surface area (Å²) in [6, 6.07) is 5.51. The van der Waals surface area contributed by atoms with Gasteiger partial charge in [0.15, 0.2) is 0 Å². The Hall–Kier alpha value is -1.30. The molecule has 1 fully saturated rings. The molecule has 0 amide bonds. The van der Waals surface area contributed by atoms with E-state index in [1.165, 1.54) is 0 Å². The van der Waals surface area contributed by atoms with Gasteiger partial charge in [-0.1, -0.05) is 0 Å². The minimum Gasteiger partial charge on any atom is -0.497 e. The molecule has 0 bridgehead atoms. The van der Waals surface area contributed by atoms with Crippen LogP contribution in [0.1, 0.15) is 11.7 Å². The monoisotopic (exact) mass is 266 g/mol. The second kappa shape index (κ2) is 6.75. The summed E-state index contributed by atoms with van der Waals surface area (Å²) in [4.78, 5) is 2.25. The first-order valence-electron chi connectivity index (χ1n) is 6.57. The van der Waals surface area contributed by atoms with Crippen LogP contribution in [0, 0.1) is 0 Å². The Kier molecular flexibility index (Phi) is 5.01. The van der Waals surface area contributed by atoms with Crippen molar-refractivity contribution in [3.8, 4) is 11.5 Å². The summed E-state index contributed by atoms with van der Waals surface area (Å²) in [6.07, 6.45) is -0.543. The van der Waals surface area contributed by atoms with Gasteiger partial charge in [0.25, 0.3) is 0 Å². The molecule has 1 aromatic rings. The Morgan fingerprint density at radius 2 is 2.00 bits per heavy atom. The van der Waals surface area contributed by atoms with Gasteiger partial charge in [-0.25, -0.2) is 0 Å². The smallest absolute Gasteiger partial charge is 0.128 e. The molecule has 1 heterocycles. The number of nitrogens with zero attached hydrogens (tertiary/aromatic N) is 1. The van der Waals surface area contributed by atoms with Gasteiger partial charge in [0, 0.05) is 44.4 Å². The Labute approximate surface area is 114 Å². The largest absolute Gasteiger partial charge is 0.497 e. The van der Waals surface area contributed by atoms with Gasteiger partial charge in [0.05, 0.1) is 20.3 Å².